The molecule has 0 saturated carbocycles. The second kappa shape index (κ2) is 4.86. The molecular weight excluding hydrogens is 260 g/mol. The monoisotopic (exact) mass is 274 g/mol. The number of hydrogen-bond donors (Lipinski definition) is 1. The van der Waals surface area contributed by atoms with Gasteiger partial charge in [-0.1, -0.05) is 36.5 Å². The number of thioether (sulfide) groups is 1. The van der Waals surface area contributed by atoms with Crippen LogP contribution in [0.25, 0.3) is 0 Å². The summed E-state index contributed by atoms with van der Waals surface area (Å²) in [6.45, 7) is 2.13. The number of aryl methyl sites for hydroxylation is 1. The fourth-order valence-corrected chi connectivity index (χ4v) is 3.66. The lowest BCUT2D eigenvalue weighted by Gasteiger charge is -2.07. The van der Waals surface area contributed by atoms with Gasteiger partial charge in [-0.3, -0.25) is 0 Å². The third kappa shape index (κ3) is 2.22. The smallest absolute Gasteiger partial charge is 0.134 e. The van der Waals surface area contributed by atoms with E-state index in [2.05, 4.69) is 41.2 Å². The largest absolute Gasteiger partial charge is 0.346 e. The number of nitrogens with one attached hydrogen (secondary N) is 1. The zero-order valence-corrected chi connectivity index (χ0v) is 11.8. The van der Waals surface area contributed by atoms with Crippen molar-refractivity contribution in [1.29, 1.82) is 0 Å². The van der Waals surface area contributed by atoms with E-state index < -0.39 is 0 Å². The number of aromatic nitrogens is 2. The van der Waals surface area contributed by atoms with Gasteiger partial charge in [-0.05, 0) is 18.1 Å². The van der Waals surface area contributed by atoms with Gasteiger partial charge in [0.15, 0.2) is 0 Å². The Bertz CT molecular complexity index is 646. The number of rotatable bonds is 2. The fourth-order valence-electron chi connectivity index (χ4n) is 2.20. The van der Waals surface area contributed by atoms with Crippen LogP contribution in [0.15, 0.2) is 24.3 Å². The van der Waals surface area contributed by atoms with Gasteiger partial charge in [-0.2, -0.15) is 11.8 Å². The molecule has 1 aromatic carbocycles. The molecule has 18 heavy (non-hydrogen) atoms. The van der Waals surface area contributed by atoms with Crippen molar-refractivity contribution in [3.63, 3.8) is 0 Å². The standard InChI is InChI=1S/C14H14N2S2/c1-9-4-2-3-5-10(9)6-13-15-12-8-18-7-11(12)14(17)16-13/h2-5H,6-8H2,1H3,(H,15,16,17). The number of aromatic amines is 1. The summed E-state index contributed by atoms with van der Waals surface area (Å²) in [6, 6.07) is 8.41. The predicted octanol–water partition coefficient (Wildman–Crippen LogP) is 3.79. The second-order valence-corrected chi connectivity index (χ2v) is 5.91. The molecule has 0 unspecified atom stereocenters. The highest BCUT2D eigenvalue weighted by atomic mass is 32.2. The summed E-state index contributed by atoms with van der Waals surface area (Å²) in [7, 11) is 0. The maximum atomic E-state index is 5.37. The minimum absolute atomic E-state index is 0.775. The van der Waals surface area contributed by atoms with Crippen LogP contribution in [-0.2, 0) is 17.9 Å². The van der Waals surface area contributed by atoms with Crippen LogP contribution in [-0.4, -0.2) is 9.97 Å². The van der Waals surface area contributed by atoms with Crippen LogP contribution < -0.4 is 0 Å². The van der Waals surface area contributed by atoms with Gasteiger partial charge in [0, 0.05) is 29.2 Å². The Hall–Kier alpha value is -1.13. The topological polar surface area (TPSA) is 28.7 Å². The SMILES string of the molecule is Cc1ccccc1Cc1nc(=S)c2c([nH]1)CSC2. The van der Waals surface area contributed by atoms with Gasteiger partial charge in [0.05, 0.1) is 0 Å². The van der Waals surface area contributed by atoms with Crippen molar-refractivity contribution >= 4 is 24.0 Å². The van der Waals surface area contributed by atoms with E-state index in [1.165, 1.54) is 22.4 Å². The van der Waals surface area contributed by atoms with Crippen LogP contribution >= 0.6 is 24.0 Å². The number of H-pyrrole nitrogens is 1. The van der Waals surface area contributed by atoms with Crippen LogP contribution in [0.3, 0.4) is 0 Å². The van der Waals surface area contributed by atoms with Crippen molar-refractivity contribution in [1.82, 2.24) is 9.97 Å². The van der Waals surface area contributed by atoms with Gasteiger partial charge < -0.3 is 4.98 Å². The number of nitrogens with zero attached hydrogens (tertiary/aromatic N) is 1. The van der Waals surface area contributed by atoms with Crippen LogP contribution in [0.2, 0.25) is 0 Å². The maximum Gasteiger partial charge on any atom is 0.134 e. The van der Waals surface area contributed by atoms with E-state index in [0.717, 1.165) is 28.4 Å². The second-order valence-electron chi connectivity index (χ2n) is 4.54. The lowest BCUT2D eigenvalue weighted by atomic mass is 10.1. The Balaban J connectivity index is 1.97. The summed E-state index contributed by atoms with van der Waals surface area (Å²) < 4.78 is 0.775. The van der Waals surface area contributed by atoms with E-state index in [1.54, 1.807) is 0 Å². The van der Waals surface area contributed by atoms with Crippen molar-refractivity contribution < 1.29 is 0 Å². The molecule has 0 atom stereocenters. The molecule has 3 rings (SSSR count). The molecule has 1 aromatic heterocycles. The molecule has 1 aliphatic heterocycles. The van der Waals surface area contributed by atoms with E-state index in [1.807, 2.05) is 11.8 Å². The molecule has 2 nitrogen and oxygen atoms in total. The first kappa shape index (κ1) is 11.9. The van der Waals surface area contributed by atoms with Gasteiger partial charge >= 0.3 is 0 Å². The summed E-state index contributed by atoms with van der Waals surface area (Å²) in [5.41, 5.74) is 5.10. The minimum atomic E-state index is 0.775. The Morgan fingerprint density at radius 2 is 2.17 bits per heavy atom. The molecule has 0 spiro atoms. The third-order valence-corrected chi connectivity index (χ3v) is 4.59. The van der Waals surface area contributed by atoms with Crippen LogP contribution in [0.5, 0.6) is 0 Å². The highest BCUT2D eigenvalue weighted by Crippen LogP contribution is 2.28. The summed E-state index contributed by atoms with van der Waals surface area (Å²) in [5.74, 6) is 3.01. The molecule has 0 fully saturated rings. The maximum absolute atomic E-state index is 5.37. The van der Waals surface area contributed by atoms with E-state index in [9.17, 15) is 0 Å². The fraction of sp³-hybridized carbons (Fsp3) is 0.286. The Morgan fingerprint density at radius 1 is 1.33 bits per heavy atom. The van der Waals surface area contributed by atoms with Crippen LogP contribution in [0.4, 0.5) is 0 Å². The lowest BCUT2D eigenvalue weighted by Crippen LogP contribution is -2.02. The predicted molar refractivity (Wildman–Crippen MR) is 78.4 cm³/mol. The highest BCUT2D eigenvalue weighted by Gasteiger charge is 2.15. The molecule has 0 radical (unpaired) electrons. The quantitative estimate of drug-likeness (QED) is 0.845. The van der Waals surface area contributed by atoms with Crippen LogP contribution in [0.1, 0.15) is 28.2 Å². The van der Waals surface area contributed by atoms with Gasteiger partial charge in [0.25, 0.3) is 0 Å². The van der Waals surface area contributed by atoms with Crippen molar-refractivity contribution in [2.75, 3.05) is 0 Å². The van der Waals surface area contributed by atoms with E-state index in [4.69, 9.17) is 12.2 Å². The molecule has 0 bridgehead atoms. The average molecular weight is 274 g/mol. The summed E-state index contributed by atoms with van der Waals surface area (Å²) >= 11 is 7.27. The molecule has 1 aliphatic rings. The summed E-state index contributed by atoms with van der Waals surface area (Å²) in [6.07, 6.45) is 0.828. The van der Waals surface area contributed by atoms with E-state index >= 15 is 0 Å². The Kier molecular flexibility index (Phi) is 3.22. The normalized spacial score (nSPS) is 13.6. The molecule has 2 aromatic rings. The number of benzene rings is 1. The van der Waals surface area contributed by atoms with Crippen LogP contribution in [0, 0.1) is 11.6 Å². The zero-order valence-electron chi connectivity index (χ0n) is 10.2. The molecule has 92 valence electrons. The van der Waals surface area contributed by atoms with Crippen molar-refractivity contribution in [2.24, 2.45) is 0 Å². The van der Waals surface area contributed by atoms with Crippen molar-refractivity contribution in [3.8, 4) is 0 Å². The van der Waals surface area contributed by atoms with Crippen molar-refractivity contribution in [3.05, 3.63) is 57.1 Å². The number of hydrogen-bond acceptors (Lipinski definition) is 3. The van der Waals surface area contributed by atoms with Gasteiger partial charge in [0.1, 0.15) is 10.5 Å². The molecule has 1 N–H and O–H groups in total. The molecule has 0 amide bonds. The van der Waals surface area contributed by atoms with Gasteiger partial charge in [-0.15, -0.1) is 0 Å². The number of fused-ring (bicyclic) bond motifs is 1. The van der Waals surface area contributed by atoms with E-state index in [0.29, 0.717) is 0 Å². The third-order valence-electron chi connectivity index (χ3n) is 3.27. The zero-order chi connectivity index (χ0) is 12.5. The molecule has 0 saturated heterocycles. The Morgan fingerprint density at radius 3 is 3.00 bits per heavy atom. The Labute approximate surface area is 116 Å². The molecular formula is C14H14N2S2. The average Bonchev–Trinajstić information content (AvgIpc) is 2.81. The summed E-state index contributed by atoms with van der Waals surface area (Å²) in [5, 5.41) is 0. The van der Waals surface area contributed by atoms with Gasteiger partial charge in [0.2, 0.25) is 0 Å². The van der Waals surface area contributed by atoms with Gasteiger partial charge in [-0.25, -0.2) is 4.98 Å². The first-order valence-corrected chi connectivity index (χ1v) is 7.53. The first-order chi connectivity index (χ1) is 8.74. The summed E-state index contributed by atoms with van der Waals surface area (Å²) in [4.78, 5) is 7.97. The molecule has 2 heterocycles. The van der Waals surface area contributed by atoms with E-state index in [-0.39, 0.29) is 0 Å². The minimum Gasteiger partial charge on any atom is -0.346 e. The first-order valence-electron chi connectivity index (χ1n) is 5.97. The highest BCUT2D eigenvalue weighted by molar-refractivity contribution is 7.98. The molecule has 4 heteroatoms. The lowest BCUT2D eigenvalue weighted by molar-refractivity contribution is 0.914. The van der Waals surface area contributed by atoms with Crippen molar-refractivity contribution in [2.45, 2.75) is 24.9 Å². The molecule has 0 aliphatic carbocycles.